The zero-order valence-electron chi connectivity index (χ0n) is 11.0. The summed E-state index contributed by atoms with van der Waals surface area (Å²) in [6, 6.07) is 6.63. The van der Waals surface area contributed by atoms with Crippen molar-refractivity contribution in [3.8, 4) is 0 Å². The van der Waals surface area contributed by atoms with Gasteiger partial charge in [-0.3, -0.25) is 0 Å². The van der Waals surface area contributed by atoms with Crippen LogP contribution in [0.2, 0.25) is 0 Å². The van der Waals surface area contributed by atoms with Gasteiger partial charge >= 0.3 is 0 Å². The Morgan fingerprint density at radius 3 is 2.44 bits per heavy atom. The maximum Gasteiger partial charge on any atom is 0.0591 e. The maximum atomic E-state index is 9.61. The third kappa shape index (κ3) is 4.80. The molecule has 1 nitrogen and oxygen atoms in total. The van der Waals surface area contributed by atoms with Gasteiger partial charge in [0.2, 0.25) is 0 Å². The lowest BCUT2D eigenvalue weighted by Crippen LogP contribution is -2.17. The van der Waals surface area contributed by atoms with E-state index in [1.54, 1.807) is 0 Å². The molecule has 0 aliphatic rings. The van der Waals surface area contributed by atoms with Crippen LogP contribution in [0.25, 0.3) is 0 Å². The molecule has 0 atom stereocenters. The monoisotopic (exact) mass is 220 g/mol. The Kier molecular flexibility index (Phi) is 4.55. The molecule has 0 heterocycles. The molecule has 0 radical (unpaired) electrons. The summed E-state index contributed by atoms with van der Waals surface area (Å²) < 4.78 is 0. The van der Waals surface area contributed by atoms with Crippen LogP contribution in [0.3, 0.4) is 0 Å². The normalized spacial score (nSPS) is 11.8. The van der Waals surface area contributed by atoms with Gasteiger partial charge in [-0.1, -0.05) is 30.2 Å². The van der Waals surface area contributed by atoms with Crippen LogP contribution in [-0.4, -0.2) is 10.7 Å². The lowest BCUT2D eigenvalue weighted by atomic mass is 9.96. The van der Waals surface area contributed by atoms with E-state index < -0.39 is 5.60 Å². The highest BCUT2D eigenvalue weighted by molar-refractivity contribution is 5.30. The lowest BCUT2D eigenvalue weighted by molar-refractivity contribution is 0.0682. The highest BCUT2D eigenvalue weighted by atomic mass is 16.3. The zero-order valence-corrected chi connectivity index (χ0v) is 11.0. The van der Waals surface area contributed by atoms with Gasteiger partial charge in [0.25, 0.3) is 0 Å². The molecule has 0 unspecified atom stereocenters. The fraction of sp³-hybridized carbons (Fsp3) is 0.600. The summed E-state index contributed by atoms with van der Waals surface area (Å²) in [6.45, 7) is 8.07. The van der Waals surface area contributed by atoms with Crippen molar-refractivity contribution in [1.29, 1.82) is 0 Å². The Labute approximate surface area is 99.5 Å². The number of rotatable bonds is 5. The van der Waals surface area contributed by atoms with Crippen molar-refractivity contribution < 1.29 is 5.11 Å². The maximum absolute atomic E-state index is 9.61. The Hall–Kier alpha value is -0.820. The van der Waals surface area contributed by atoms with Gasteiger partial charge in [0.1, 0.15) is 0 Å². The van der Waals surface area contributed by atoms with Crippen LogP contribution < -0.4 is 0 Å². The van der Waals surface area contributed by atoms with Gasteiger partial charge in [0.05, 0.1) is 5.60 Å². The first-order chi connectivity index (χ1) is 7.38. The fourth-order valence-corrected chi connectivity index (χ4v) is 1.94. The molecule has 0 fully saturated rings. The second-order valence-corrected chi connectivity index (χ2v) is 5.45. The van der Waals surface area contributed by atoms with Gasteiger partial charge in [0, 0.05) is 0 Å². The van der Waals surface area contributed by atoms with Gasteiger partial charge in [-0.2, -0.15) is 0 Å². The second kappa shape index (κ2) is 5.49. The molecular weight excluding hydrogens is 196 g/mol. The number of hydrogen-bond donors (Lipinski definition) is 1. The minimum Gasteiger partial charge on any atom is -0.390 e. The molecule has 0 amide bonds. The highest BCUT2D eigenvalue weighted by Crippen LogP contribution is 2.17. The van der Waals surface area contributed by atoms with E-state index in [1.807, 2.05) is 13.8 Å². The largest absolute Gasteiger partial charge is 0.390 e. The quantitative estimate of drug-likeness (QED) is 0.749. The topological polar surface area (TPSA) is 20.2 Å². The molecule has 0 bridgehead atoms. The predicted octanol–water partition coefficient (Wildman–Crippen LogP) is 3.79. The molecule has 0 saturated carbocycles. The third-order valence-corrected chi connectivity index (χ3v) is 2.99. The van der Waals surface area contributed by atoms with E-state index in [4.69, 9.17) is 0 Å². The van der Waals surface area contributed by atoms with Gasteiger partial charge in [-0.15, -0.1) is 0 Å². The molecule has 1 aromatic carbocycles. The van der Waals surface area contributed by atoms with Crippen molar-refractivity contribution >= 4 is 0 Å². The summed E-state index contributed by atoms with van der Waals surface area (Å²) in [5, 5.41) is 9.61. The van der Waals surface area contributed by atoms with E-state index in [2.05, 4.69) is 32.0 Å². The molecule has 1 heteroatoms. The molecular formula is C15H24O. The minimum absolute atomic E-state index is 0.512. The SMILES string of the molecule is Cc1ccc(C)c(CCCCC(C)(C)O)c1. The van der Waals surface area contributed by atoms with E-state index in [-0.39, 0.29) is 0 Å². The van der Waals surface area contributed by atoms with Crippen LogP contribution in [0.4, 0.5) is 0 Å². The summed E-state index contributed by atoms with van der Waals surface area (Å²) in [5.74, 6) is 0. The molecule has 90 valence electrons. The van der Waals surface area contributed by atoms with Crippen LogP contribution in [0, 0.1) is 13.8 Å². The highest BCUT2D eigenvalue weighted by Gasteiger charge is 2.11. The molecule has 0 aliphatic heterocycles. The van der Waals surface area contributed by atoms with Crippen LogP contribution >= 0.6 is 0 Å². The predicted molar refractivity (Wildman–Crippen MR) is 69.8 cm³/mol. The fourth-order valence-electron chi connectivity index (χ4n) is 1.94. The number of benzene rings is 1. The standard InChI is InChI=1S/C15H24O/c1-12-8-9-13(2)14(11-12)7-5-6-10-15(3,4)16/h8-9,11,16H,5-7,10H2,1-4H3. The first-order valence-corrected chi connectivity index (χ1v) is 6.17. The average Bonchev–Trinajstić information content (AvgIpc) is 2.16. The third-order valence-electron chi connectivity index (χ3n) is 2.99. The molecule has 1 aromatic rings. The summed E-state index contributed by atoms with van der Waals surface area (Å²) in [4.78, 5) is 0. The van der Waals surface area contributed by atoms with Crippen LogP contribution in [0.15, 0.2) is 18.2 Å². The van der Waals surface area contributed by atoms with Crippen molar-refractivity contribution in [1.82, 2.24) is 0 Å². The van der Waals surface area contributed by atoms with Gasteiger partial charge in [0.15, 0.2) is 0 Å². The van der Waals surface area contributed by atoms with E-state index in [0.717, 1.165) is 25.7 Å². The first kappa shape index (κ1) is 13.2. The average molecular weight is 220 g/mol. The smallest absolute Gasteiger partial charge is 0.0591 e. The lowest BCUT2D eigenvalue weighted by Gasteiger charge is -2.16. The van der Waals surface area contributed by atoms with Crippen molar-refractivity contribution in [2.75, 3.05) is 0 Å². The second-order valence-electron chi connectivity index (χ2n) is 5.45. The molecule has 16 heavy (non-hydrogen) atoms. The van der Waals surface area contributed by atoms with Crippen LogP contribution in [-0.2, 0) is 6.42 Å². The Morgan fingerprint density at radius 1 is 1.12 bits per heavy atom. The summed E-state index contributed by atoms with van der Waals surface area (Å²) in [7, 11) is 0. The summed E-state index contributed by atoms with van der Waals surface area (Å²) in [5.41, 5.74) is 3.66. The first-order valence-electron chi connectivity index (χ1n) is 6.17. The van der Waals surface area contributed by atoms with Gasteiger partial charge in [-0.25, -0.2) is 0 Å². The van der Waals surface area contributed by atoms with E-state index in [9.17, 15) is 5.11 Å². The van der Waals surface area contributed by atoms with Gasteiger partial charge < -0.3 is 5.11 Å². The molecule has 0 spiro atoms. The minimum atomic E-state index is -0.512. The Bertz CT molecular complexity index is 334. The Balaban J connectivity index is 2.40. The number of hydrogen-bond acceptors (Lipinski definition) is 1. The molecule has 0 saturated heterocycles. The van der Waals surface area contributed by atoms with Crippen LogP contribution in [0.5, 0.6) is 0 Å². The van der Waals surface area contributed by atoms with Crippen molar-refractivity contribution in [3.63, 3.8) is 0 Å². The number of unbranched alkanes of at least 4 members (excludes halogenated alkanes) is 1. The van der Waals surface area contributed by atoms with E-state index in [1.165, 1.54) is 16.7 Å². The number of aryl methyl sites for hydroxylation is 3. The van der Waals surface area contributed by atoms with Crippen LogP contribution in [0.1, 0.15) is 49.8 Å². The van der Waals surface area contributed by atoms with Crippen molar-refractivity contribution in [2.45, 2.75) is 59.0 Å². The zero-order chi connectivity index (χ0) is 12.2. The van der Waals surface area contributed by atoms with E-state index in [0.29, 0.717) is 0 Å². The number of aliphatic hydroxyl groups is 1. The molecule has 1 rings (SSSR count). The van der Waals surface area contributed by atoms with Gasteiger partial charge in [-0.05, 0) is 58.1 Å². The van der Waals surface area contributed by atoms with Crippen molar-refractivity contribution in [2.24, 2.45) is 0 Å². The summed E-state index contributed by atoms with van der Waals surface area (Å²) in [6.07, 6.45) is 4.27. The summed E-state index contributed by atoms with van der Waals surface area (Å²) >= 11 is 0. The molecule has 0 aliphatic carbocycles. The van der Waals surface area contributed by atoms with E-state index >= 15 is 0 Å². The molecule has 0 aromatic heterocycles. The Morgan fingerprint density at radius 2 is 1.81 bits per heavy atom. The van der Waals surface area contributed by atoms with Crippen molar-refractivity contribution in [3.05, 3.63) is 34.9 Å². The molecule has 1 N–H and O–H groups in total.